The number of pyridine rings is 2. The normalized spacial score (nSPS) is 22.4. The van der Waals surface area contributed by atoms with Gasteiger partial charge in [0.15, 0.2) is 0 Å². The van der Waals surface area contributed by atoms with Crippen LogP contribution in [0.5, 0.6) is 0 Å². The van der Waals surface area contributed by atoms with E-state index >= 15 is 0 Å². The second-order valence-electron chi connectivity index (χ2n) is 11.3. The molecule has 2 fully saturated rings. The number of hydrogen-bond acceptors (Lipinski definition) is 6. The number of carbonyl (C=O) groups excluding carboxylic acids is 1. The number of amides is 1. The molecule has 8 nitrogen and oxygen atoms in total. The van der Waals surface area contributed by atoms with Gasteiger partial charge in [-0.2, -0.15) is 0 Å². The van der Waals surface area contributed by atoms with Crippen LogP contribution in [0.1, 0.15) is 50.9 Å². The first-order valence-electron chi connectivity index (χ1n) is 13.9. The number of fused-ring (bicyclic) bond motifs is 1. The minimum Gasteiger partial charge on any atom is -0.377 e. The third-order valence-electron chi connectivity index (χ3n) is 7.96. The van der Waals surface area contributed by atoms with Crippen LogP contribution < -0.4 is 4.72 Å². The monoisotopic (exact) mass is 550 g/mol. The Labute approximate surface area is 231 Å². The maximum Gasteiger partial charge on any atom is 0.240 e. The van der Waals surface area contributed by atoms with Gasteiger partial charge in [0.25, 0.3) is 0 Å². The Hall–Kier alpha value is -2.88. The van der Waals surface area contributed by atoms with Gasteiger partial charge in [-0.3, -0.25) is 9.78 Å². The maximum atomic E-state index is 13.3. The van der Waals surface area contributed by atoms with Crippen LogP contribution in [-0.2, 0) is 19.6 Å². The van der Waals surface area contributed by atoms with Gasteiger partial charge < -0.3 is 9.64 Å². The molecule has 2 aliphatic rings. The molecule has 5 rings (SSSR count). The maximum absolute atomic E-state index is 13.3. The lowest BCUT2D eigenvalue weighted by Crippen LogP contribution is -2.53. The van der Waals surface area contributed by atoms with E-state index in [4.69, 9.17) is 9.72 Å². The molecule has 3 heterocycles. The zero-order chi connectivity index (χ0) is 27.7. The van der Waals surface area contributed by atoms with Crippen LogP contribution in [0.4, 0.5) is 0 Å². The smallest absolute Gasteiger partial charge is 0.240 e. The number of hydrogen-bond donors (Lipinski definition) is 1. The zero-order valence-corrected chi connectivity index (χ0v) is 24.0. The molecule has 1 saturated carbocycles. The molecule has 1 amide bonds. The van der Waals surface area contributed by atoms with Crippen molar-refractivity contribution in [1.29, 1.82) is 0 Å². The molecule has 2 aromatic heterocycles. The summed E-state index contributed by atoms with van der Waals surface area (Å²) in [4.78, 5) is 24.7. The summed E-state index contributed by atoms with van der Waals surface area (Å²) >= 11 is 0. The van der Waals surface area contributed by atoms with Gasteiger partial charge in [0.05, 0.1) is 35.4 Å². The van der Waals surface area contributed by atoms with Crippen molar-refractivity contribution in [3.63, 3.8) is 0 Å². The lowest BCUT2D eigenvalue weighted by Gasteiger charge is -2.41. The van der Waals surface area contributed by atoms with E-state index in [0.29, 0.717) is 51.4 Å². The van der Waals surface area contributed by atoms with Gasteiger partial charge in [0.1, 0.15) is 0 Å². The summed E-state index contributed by atoms with van der Waals surface area (Å²) in [7, 11) is -3.70. The number of nitrogens with one attached hydrogen (secondary N) is 1. The van der Waals surface area contributed by atoms with Crippen molar-refractivity contribution in [2.75, 3.05) is 19.8 Å². The molecule has 3 aromatic rings. The first kappa shape index (κ1) is 27.7. The van der Waals surface area contributed by atoms with E-state index in [9.17, 15) is 13.2 Å². The molecule has 208 valence electrons. The number of nitrogens with zero attached hydrogens (tertiary/aromatic N) is 3. The first-order chi connectivity index (χ1) is 18.6. The van der Waals surface area contributed by atoms with Crippen LogP contribution >= 0.6 is 0 Å². The molecule has 1 aliphatic carbocycles. The second-order valence-corrected chi connectivity index (χ2v) is 13.0. The van der Waals surface area contributed by atoms with Crippen LogP contribution in [0, 0.1) is 25.7 Å². The lowest BCUT2D eigenvalue weighted by atomic mass is 9.85. The van der Waals surface area contributed by atoms with Crippen molar-refractivity contribution in [1.82, 2.24) is 19.6 Å². The minimum atomic E-state index is -3.70. The fourth-order valence-corrected chi connectivity index (χ4v) is 7.18. The van der Waals surface area contributed by atoms with Gasteiger partial charge in [-0.1, -0.05) is 19.9 Å². The summed E-state index contributed by atoms with van der Waals surface area (Å²) in [6, 6.07) is 12.8. The van der Waals surface area contributed by atoms with Gasteiger partial charge in [-0.25, -0.2) is 18.1 Å². The fraction of sp³-hybridized carbons (Fsp3) is 0.500. The average Bonchev–Trinajstić information content (AvgIpc) is 2.91. The van der Waals surface area contributed by atoms with Crippen molar-refractivity contribution >= 4 is 26.8 Å². The summed E-state index contributed by atoms with van der Waals surface area (Å²) < 4.78 is 35.0. The van der Waals surface area contributed by atoms with Gasteiger partial charge in [-0.05, 0) is 81.8 Å². The topological polar surface area (TPSA) is 101 Å². The highest BCUT2D eigenvalue weighted by atomic mass is 32.2. The van der Waals surface area contributed by atoms with Crippen molar-refractivity contribution in [3.05, 3.63) is 53.9 Å². The highest BCUT2D eigenvalue weighted by molar-refractivity contribution is 7.89. The highest BCUT2D eigenvalue weighted by Gasteiger charge is 2.36. The fourth-order valence-electron chi connectivity index (χ4n) is 5.84. The number of aryl methyl sites for hydroxylation is 2. The predicted molar refractivity (Wildman–Crippen MR) is 152 cm³/mol. The van der Waals surface area contributed by atoms with Crippen LogP contribution in [0.3, 0.4) is 0 Å². The van der Waals surface area contributed by atoms with Crippen LogP contribution in [0.2, 0.25) is 0 Å². The van der Waals surface area contributed by atoms with E-state index in [1.807, 2.05) is 43.0 Å². The Balaban J connectivity index is 1.24. The van der Waals surface area contributed by atoms with Crippen molar-refractivity contribution in [2.45, 2.75) is 70.4 Å². The van der Waals surface area contributed by atoms with Crippen LogP contribution in [-0.4, -0.2) is 61.0 Å². The summed E-state index contributed by atoms with van der Waals surface area (Å²) in [6.45, 7) is 9.95. The van der Waals surface area contributed by atoms with E-state index in [1.165, 1.54) is 0 Å². The molecule has 1 aliphatic heterocycles. The molecule has 1 N–H and O–H groups in total. The molecule has 39 heavy (non-hydrogen) atoms. The Morgan fingerprint density at radius 3 is 2.41 bits per heavy atom. The molecule has 0 radical (unpaired) electrons. The third-order valence-corrected chi connectivity index (χ3v) is 9.48. The molecule has 1 atom stereocenters. The second kappa shape index (κ2) is 11.3. The Morgan fingerprint density at radius 2 is 1.72 bits per heavy atom. The van der Waals surface area contributed by atoms with E-state index < -0.39 is 10.0 Å². The number of ether oxygens (including phenoxy) is 1. The number of rotatable bonds is 6. The average molecular weight is 551 g/mol. The Bertz CT molecular complexity index is 1440. The number of carbonyl (C=O) groups is 1. The zero-order valence-electron chi connectivity index (χ0n) is 23.2. The van der Waals surface area contributed by atoms with Gasteiger partial charge in [0.2, 0.25) is 15.9 Å². The van der Waals surface area contributed by atoms with E-state index in [0.717, 1.165) is 33.5 Å². The van der Waals surface area contributed by atoms with Crippen LogP contribution in [0.15, 0.2) is 47.4 Å². The molecule has 1 aromatic carbocycles. The molecule has 0 bridgehead atoms. The summed E-state index contributed by atoms with van der Waals surface area (Å²) in [5.74, 6) is 0.473. The number of aromatic nitrogens is 2. The molecule has 1 saturated heterocycles. The number of sulfonamides is 1. The standard InChI is InChI=1S/C30H38N4O4S/c1-19(2)29-18-38-14-13-34(29)30(35)22-5-8-25(9-6-22)33-39(36,37)26-10-12-27-23(17-26)7-11-28(32-27)24-15-20(3)31-21(4)16-24/h7,10-12,15-17,19,22,25,29,33H,5-6,8-9,13-14,18H2,1-4H3. The third kappa shape index (κ3) is 6.15. The van der Waals surface area contributed by atoms with Gasteiger partial charge >= 0.3 is 0 Å². The molecule has 9 heteroatoms. The molecular formula is C30H38N4O4S. The molecule has 0 spiro atoms. The van der Waals surface area contributed by atoms with Crippen molar-refractivity contribution in [3.8, 4) is 11.3 Å². The Morgan fingerprint density at radius 1 is 1.00 bits per heavy atom. The van der Waals surface area contributed by atoms with E-state index in [2.05, 4.69) is 23.6 Å². The Kier molecular flexibility index (Phi) is 8.03. The van der Waals surface area contributed by atoms with Gasteiger partial charge in [-0.15, -0.1) is 0 Å². The summed E-state index contributed by atoms with van der Waals surface area (Å²) in [5.41, 5.74) is 4.41. The van der Waals surface area contributed by atoms with E-state index in [1.54, 1.807) is 18.2 Å². The largest absolute Gasteiger partial charge is 0.377 e. The lowest BCUT2D eigenvalue weighted by molar-refractivity contribution is -0.147. The van der Waals surface area contributed by atoms with Crippen molar-refractivity contribution in [2.24, 2.45) is 11.8 Å². The van der Waals surface area contributed by atoms with Gasteiger partial charge in [0, 0.05) is 40.8 Å². The highest BCUT2D eigenvalue weighted by Crippen LogP contribution is 2.30. The minimum absolute atomic E-state index is 0.0565. The summed E-state index contributed by atoms with van der Waals surface area (Å²) in [5, 5.41) is 0.767. The SMILES string of the molecule is Cc1cc(-c2ccc3cc(S(=O)(=O)NC4CCC(C(=O)N5CCOCC5C(C)C)CC4)ccc3n2)cc(C)n1. The van der Waals surface area contributed by atoms with Crippen LogP contribution in [0.25, 0.3) is 22.2 Å². The molecule has 1 unspecified atom stereocenters. The quantitative estimate of drug-likeness (QED) is 0.480. The summed E-state index contributed by atoms with van der Waals surface area (Å²) in [6.07, 6.45) is 2.67. The first-order valence-corrected chi connectivity index (χ1v) is 15.4. The number of morpholine rings is 1. The van der Waals surface area contributed by atoms with Crippen molar-refractivity contribution < 1.29 is 17.9 Å². The molecular weight excluding hydrogens is 512 g/mol. The number of benzene rings is 1. The van der Waals surface area contributed by atoms with E-state index in [-0.39, 0.29) is 28.8 Å². The predicted octanol–water partition coefficient (Wildman–Crippen LogP) is 4.63.